The van der Waals surface area contributed by atoms with Crippen LogP contribution in [0.5, 0.6) is 5.75 Å². The highest BCUT2D eigenvalue weighted by molar-refractivity contribution is 5.79. The van der Waals surface area contributed by atoms with Gasteiger partial charge in [0, 0.05) is 16.8 Å². The van der Waals surface area contributed by atoms with E-state index in [-0.39, 0.29) is 11.6 Å². The van der Waals surface area contributed by atoms with Crippen LogP contribution in [0, 0.1) is 18.3 Å². The molecule has 108 valence electrons. The number of nitrogen functional groups attached to an aromatic ring is 1. The number of nitrogens with one attached hydrogen (secondary N) is 1. The van der Waals surface area contributed by atoms with Crippen LogP contribution in [0.15, 0.2) is 36.7 Å². The Morgan fingerprint density at radius 2 is 2.00 bits per heavy atom. The van der Waals surface area contributed by atoms with Gasteiger partial charge in [-0.25, -0.2) is 9.97 Å². The second-order valence-electron chi connectivity index (χ2n) is 4.85. The number of aromatic amines is 1. The summed E-state index contributed by atoms with van der Waals surface area (Å²) in [4.78, 5) is 11.5. The molecule has 22 heavy (non-hydrogen) atoms. The molecule has 0 amide bonds. The Morgan fingerprint density at radius 1 is 1.27 bits per heavy atom. The number of aromatic nitrogens is 3. The van der Waals surface area contributed by atoms with Gasteiger partial charge in [0.05, 0.1) is 17.7 Å². The van der Waals surface area contributed by atoms with Gasteiger partial charge in [-0.1, -0.05) is 0 Å². The molecule has 6 heteroatoms. The minimum atomic E-state index is 0.158. The van der Waals surface area contributed by atoms with Crippen molar-refractivity contribution in [3.63, 3.8) is 0 Å². The molecular formula is C16H13N5O. The van der Waals surface area contributed by atoms with Crippen molar-refractivity contribution in [1.82, 2.24) is 15.0 Å². The lowest BCUT2D eigenvalue weighted by atomic mass is 10.0. The largest absolute Gasteiger partial charge is 0.508 e. The van der Waals surface area contributed by atoms with Gasteiger partial charge in [0.1, 0.15) is 23.2 Å². The monoisotopic (exact) mass is 291 g/mol. The third-order valence-corrected chi connectivity index (χ3v) is 3.41. The zero-order valence-corrected chi connectivity index (χ0v) is 11.8. The number of aromatic hydroxyl groups is 1. The highest BCUT2D eigenvalue weighted by atomic mass is 16.3. The fraction of sp³-hybridized carbons (Fsp3) is 0.0625. The number of hydrogen-bond acceptors (Lipinski definition) is 5. The van der Waals surface area contributed by atoms with Crippen molar-refractivity contribution in [3.05, 3.63) is 47.9 Å². The number of aryl methyl sites for hydroxylation is 1. The van der Waals surface area contributed by atoms with E-state index in [2.05, 4.69) is 21.0 Å². The molecule has 2 aromatic heterocycles. The smallest absolute Gasteiger partial charge is 0.142 e. The first-order valence-electron chi connectivity index (χ1n) is 6.60. The number of anilines is 1. The summed E-state index contributed by atoms with van der Waals surface area (Å²) >= 11 is 0. The number of H-pyrrole nitrogens is 1. The quantitative estimate of drug-likeness (QED) is 0.672. The van der Waals surface area contributed by atoms with Gasteiger partial charge < -0.3 is 15.8 Å². The zero-order valence-electron chi connectivity index (χ0n) is 11.8. The lowest BCUT2D eigenvalue weighted by Crippen LogP contribution is -2.00. The van der Waals surface area contributed by atoms with Crippen LogP contribution in [0.25, 0.3) is 22.5 Å². The average Bonchev–Trinajstić information content (AvgIpc) is 2.93. The van der Waals surface area contributed by atoms with E-state index in [0.29, 0.717) is 22.5 Å². The maximum Gasteiger partial charge on any atom is 0.142 e. The van der Waals surface area contributed by atoms with E-state index in [9.17, 15) is 10.4 Å². The van der Waals surface area contributed by atoms with E-state index in [1.54, 1.807) is 36.7 Å². The number of nitrogens with zero attached hydrogens (tertiary/aromatic N) is 3. The first-order chi connectivity index (χ1) is 10.6. The minimum absolute atomic E-state index is 0.158. The van der Waals surface area contributed by atoms with Gasteiger partial charge in [-0.2, -0.15) is 5.26 Å². The zero-order chi connectivity index (χ0) is 15.7. The van der Waals surface area contributed by atoms with Gasteiger partial charge >= 0.3 is 0 Å². The van der Waals surface area contributed by atoms with Crippen molar-refractivity contribution in [3.8, 4) is 34.3 Å². The Bertz CT molecular complexity index is 875. The Hall–Kier alpha value is -3.33. The van der Waals surface area contributed by atoms with Crippen LogP contribution >= 0.6 is 0 Å². The number of phenolic OH excluding ortho intramolecular Hbond substituents is 1. The van der Waals surface area contributed by atoms with Crippen LogP contribution in [0.1, 0.15) is 11.3 Å². The highest BCUT2D eigenvalue weighted by Crippen LogP contribution is 2.31. The Balaban J connectivity index is 2.23. The summed E-state index contributed by atoms with van der Waals surface area (Å²) in [5, 5.41) is 18.7. The van der Waals surface area contributed by atoms with Crippen molar-refractivity contribution in [1.29, 1.82) is 5.26 Å². The molecule has 0 aliphatic rings. The van der Waals surface area contributed by atoms with Crippen molar-refractivity contribution in [2.24, 2.45) is 0 Å². The molecule has 0 radical (unpaired) electrons. The van der Waals surface area contributed by atoms with Gasteiger partial charge in [0.25, 0.3) is 0 Å². The lowest BCUT2D eigenvalue weighted by Gasteiger charge is -2.09. The molecule has 0 unspecified atom stereocenters. The van der Waals surface area contributed by atoms with Crippen LogP contribution in [0.2, 0.25) is 0 Å². The molecule has 0 bridgehead atoms. The van der Waals surface area contributed by atoms with Gasteiger partial charge in [0.2, 0.25) is 0 Å². The predicted molar refractivity (Wildman–Crippen MR) is 82.8 cm³/mol. The summed E-state index contributed by atoms with van der Waals surface area (Å²) < 4.78 is 0. The van der Waals surface area contributed by atoms with Crippen molar-refractivity contribution in [2.75, 3.05) is 5.73 Å². The van der Waals surface area contributed by atoms with Crippen LogP contribution in [-0.2, 0) is 0 Å². The van der Waals surface area contributed by atoms with Gasteiger partial charge in [0.15, 0.2) is 0 Å². The normalized spacial score (nSPS) is 10.4. The van der Waals surface area contributed by atoms with Crippen molar-refractivity contribution >= 4 is 5.82 Å². The summed E-state index contributed by atoms with van der Waals surface area (Å²) in [6.07, 6.45) is 1.57. The number of benzene rings is 1. The molecule has 0 aliphatic heterocycles. The molecule has 0 fully saturated rings. The number of hydrogen-bond donors (Lipinski definition) is 3. The fourth-order valence-electron chi connectivity index (χ4n) is 2.28. The Kier molecular flexibility index (Phi) is 3.24. The number of phenols is 1. The molecule has 3 aromatic rings. The molecule has 0 saturated heterocycles. The van der Waals surface area contributed by atoms with Crippen LogP contribution in [0.4, 0.5) is 5.82 Å². The first-order valence-corrected chi connectivity index (χ1v) is 6.60. The van der Waals surface area contributed by atoms with E-state index in [1.807, 2.05) is 6.92 Å². The first kappa shape index (κ1) is 13.6. The maximum atomic E-state index is 9.38. The molecule has 6 nitrogen and oxygen atoms in total. The summed E-state index contributed by atoms with van der Waals surface area (Å²) in [6, 6.07) is 10.5. The van der Waals surface area contributed by atoms with E-state index < -0.39 is 0 Å². The highest BCUT2D eigenvalue weighted by Gasteiger charge is 2.16. The van der Waals surface area contributed by atoms with E-state index in [0.717, 1.165) is 11.3 Å². The van der Waals surface area contributed by atoms with Gasteiger partial charge in [-0.05, 0) is 37.3 Å². The molecule has 0 saturated carbocycles. The summed E-state index contributed by atoms with van der Waals surface area (Å²) in [5.41, 5.74) is 9.81. The van der Waals surface area contributed by atoms with Gasteiger partial charge in [-0.3, -0.25) is 0 Å². The minimum Gasteiger partial charge on any atom is -0.508 e. The van der Waals surface area contributed by atoms with Crippen molar-refractivity contribution in [2.45, 2.75) is 6.92 Å². The maximum absolute atomic E-state index is 9.38. The Labute approximate surface area is 126 Å². The summed E-state index contributed by atoms with van der Waals surface area (Å²) in [5.74, 6) is 0.333. The number of nitrogens with two attached hydrogens (primary N) is 1. The molecule has 0 spiro atoms. The topological polar surface area (TPSA) is 112 Å². The van der Waals surface area contributed by atoms with Gasteiger partial charge in [-0.15, -0.1) is 0 Å². The van der Waals surface area contributed by atoms with E-state index in [4.69, 9.17) is 5.73 Å². The lowest BCUT2D eigenvalue weighted by molar-refractivity contribution is 0.475. The predicted octanol–water partition coefficient (Wildman–Crippen LogP) is 2.61. The van der Waals surface area contributed by atoms with Crippen LogP contribution < -0.4 is 5.73 Å². The van der Waals surface area contributed by atoms with Crippen molar-refractivity contribution < 1.29 is 5.11 Å². The second-order valence-corrected chi connectivity index (χ2v) is 4.85. The third-order valence-electron chi connectivity index (χ3n) is 3.41. The number of pyridine rings is 1. The van der Waals surface area contributed by atoms with Crippen LogP contribution in [-0.4, -0.2) is 20.1 Å². The molecule has 3 rings (SSSR count). The van der Waals surface area contributed by atoms with Crippen LogP contribution in [0.3, 0.4) is 0 Å². The molecule has 1 aromatic carbocycles. The second kappa shape index (κ2) is 5.22. The molecule has 0 aliphatic carbocycles. The molecular weight excluding hydrogens is 278 g/mol. The summed E-state index contributed by atoms with van der Waals surface area (Å²) in [7, 11) is 0. The standard InChI is InChI=1S/C16H13N5O/c1-9-15(20-8-19-9)12-6-14(21-16(18)13(12)7-17)10-2-4-11(22)5-3-10/h2-6,8,22H,1H3,(H2,18,21)(H,19,20). The van der Waals surface area contributed by atoms with E-state index in [1.165, 1.54) is 0 Å². The summed E-state index contributed by atoms with van der Waals surface area (Å²) in [6.45, 7) is 1.88. The molecule has 2 heterocycles. The fourth-order valence-corrected chi connectivity index (χ4v) is 2.28. The number of nitriles is 1. The number of rotatable bonds is 2. The SMILES string of the molecule is Cc1[nH]cnc1-c1cc(-c2ccc(O)cc2)nc(N)c1C#N. The Morgan fingerprint density at radius 3 is 2.59 bits per heavy atom. The van der Waals surface area contributed by atoms with E-state index >= 15 is 0 Å². The molecule has 4 N–H and O–H groups in total. The number of imidazole rings is 1. The molecule has 0 atom stereocenters. The third kappa shape index (κ3) is 2.25. The average molecular weight is 291 g/mol.